The van der Waals surface area contributed by atoms with Crippen LogP contribution in [0.3, 0.4) is 0 Å². The molecule has 2 heterocycles. The molecular weight excluding hydrogens is 352 g/mol. The monoisotopic (exact) mass is 386 g/mol. The zero-order valence-corrected chi connectivity index (χ0v) is 17.3. The molecular formula is C22H34N4O2. The molecule has 2 aliphatic rings. The van der Waals surface area contributed by atoms with Gasteiger partial charge in [0.1, 0.15) is 0 Å². The maximum absolute atomic E-state index is 13.2. The summed E-state index contributed by atoms with van der Waals surface area (Å²) in [6, 6.07) is 8.15. The first-order valence-electron chi connectivity index (χ1n) is 10.7. The van der Waals surface area contributed by atoms with Crippen molar-refractivity contribution in [3.63, 3.8) is 0 Å². The summed E-state index contributed by atoms with van der Waals surface area (Å²) in [5.74, 6) is 0.193. The maximum Gasteiger partial charge on any atom is 0.253 e. The van der Waals surface area contributed by atoms with Crippen LogP contribution in [-0.2, 0) is 4.79 Å². The molecule has 28 heavy (non-hydrogen) atoms. The van der Waals surface area contributed by atoms with Crippen molar-refractivity contribution >= 4 is 11.8 Å². The zero-order chi connectivity index (χ0) is 19.9. The van der Waals surface area contributed by atoms with Crippen molar-refractivity contribution in [2.75, 3.05) is 52.4 Å². The molecule has 1 aromatic carbocycles. The van der Waals surface area contributed by atoms with E-state index >= 15 is 0 Å². The molecule has 154 valence electrons. The number of aryl methyl sites for hydroxylation is 1. The fourth-order valence-corrected chi connectivity index (χ4v) is 4.23. The van der Waals surface area contributed by atoms with Crippen LogP contribution < -0.4 is 5.32 Å². The van der Waals surface area contributed by atoms with Crippen molar-refractivity contribution in [1.29, 1.82) is 0 Å². The van der Waals surface area contributed by atoms with Gasteiger partial charge in [-0.3, -0.25) is 14.5 Å². The number of nitrogens with one attached hydrogen (secondary N) is 1. The van der Waals surface area contributed by atoms with E-state index in [0.717, 1.165) is 51.3 Å². The zero-order valence-electron chi connectivity index (χ0n) is 17.3. The highest BCUT2D eigenvalue weighted by atomic mass is 16.2. The van der Waals surface area contributed by atoms with Gasteiger partial charge in [-0.1, -0.05) is 24.6 Å². The van der Waals surface area contributed by atoms with Gasteiger partial charge in [0, 0.05) is 57.3 Å². The van der Waals surface area contributed by atoms with Gasteiger partial charge in [-0.05, 0) is 45.0 Å². The molecule has 6 heteroatoms. The highest BCUT2D eigenvalue weighted by molar-refractivity contribution is 5.94. The van der Waals surface area contributed by atoms with E-state index in [1.807, 2.05) is 41.0 Å². The van der Waals surface area contributed by atoms with Gasteiger partial charge in [-0.2, -0.15) is 0 Å². The second kappa shape index (κ2) is 10.0. The molecule has 0 aliphatic carbocycles. The van der Waals surface area contributed by atoms with Gasteiger partial charge in [0.25, 0.3) is 5.91 Å². The Balaban J connectivity index is 1.67. The lowest BCUT2D eigenvalue weighted by atomic mass is 10.1. The molecule has 1 atom stereocenters. The minimum Gasteiger partial charge on any atom is -0.340 e. The lowest BCUT2D eigenvalue weighted by Crippen LogP contribution is -2.48. The van der Waals surface area contributed by atoms with Crippen molar-refractivity contribution < 1.29 is 9.59 Å². The third kappa shape index (κ3) is 5.32. The second-order valence-corrected chi connectivity index (χ2v) is 7.92. The summed E-state index contributed by atoms with van der Waals surface area (Å²) in [5.41, 5.74) is 1.85. The SMILES string of the molecule is CCN1CCC[C@@H]1CN(CCC(=O)N1CCNCC1)C(=O)c1ccc(C)cc1. The maximum atomic E-state index is 13.2. The summed E-state index contributed by atoms with van der Waals surface area (Å²) < 4.78 is 0. The van der Waals surface area contributed by atoms with E-state index in [-0.39, 0.29) is 11.8 Å². The molecule has 0 radical (unpaired) electrons. The Kier molecular flexibility index (Phi) is 7.45. The minimum absolute atomic E-state index is 0.0380. The van der Waals surface area contributed by atoms with Crippen LogP contribution in [0.15, 0.2) is 24.3 Å². The molecule has 6 nitrogen and oxygen atoms in total. The highest BCUT2D eigenvalue weighted by Crippen LogP contribution is 2.19. The normalized spacial score (nSPS) is 20.4. The highest BCUT2D eigenvalue weighted by Gasteiger charge is 2.28. The molecule has 1 aromatic rings. The third-order valence-electron chi connectivity index (χ3n) is 5.99. The average molecular weight is 387 g/mol. The van der Waals surface area contributed by atoms with Gasteiger partial charge < -0.3 is 15.1 Å². The van der Waals surface area contributed by atoms with E-state index in [4.69, 9.17) is 0 Å². The topological polar surface area (TPSA) is 55.9 Å². The number of rotatable bonds is 7. The first kappa shape index (κ1) is 20.8. The Morgan fingerprint density at radius 1 is 1.14 bits per heavy atom. The van der Waals surface area contributed by atoms with Crippen molar-refractivity contribution in [2.24, 2.45) is 0 Å². The average Bonchev–Trinajstić information content (AvgIpc) is 3.18. The predicted molar refractivity (Wildman–Crippen MR) is 111 cm³/mol. The van der Waals surface area contributed by atoms with Crippen molar-refractivity contribution in [3.05, 3.63) is 35.4 Å². The fourth-order valence-electron chi connectivity index (χ4n) is 4.23. The third-order valence-corrected chi connectivity index (χ3v) is 5.99. The molecule has 2 saturated heterocycles. The first-order chi connectivity index (χ1) is 13.6. The fraction of sp³-hybridized carbons (Fsp3) is 0.636. The molecule has 2 aliphatic heterocycles. The van der Waals surface area contributed by atoms with E-state index in [2.05, 4.69) is 17.1 Å². The Morgan fingerprint density at radius 3 is 2.54 bits per heavy atom. The van der Waals surface area contributed by atoms with Gasteiger partial charge in [0.15, 0.2) is 0 Å². The van der Waals surface area contributed by atoms with Crippen molar-refractivity contribution in [2.45, 2.75) is 39.2 Å². The number of carbonyl (C=O) groups is 2. The van der Waals surface area contributed by atoms with Gasteiger partial charge >= 0.3 is 0 Å². The molecule has 1 N–H and O–H groups in total. The number of benzene rings is 1. The summed E-state index contributed by atoms with van der Waals surface area (Å²) in [6.45, 7) is 10.7. The van der Waals surface area contributed by atoms with Crippen LogP contribution in [0.5, 0.6) is 0 Å². The number of amides is 2. The van der Waals surface area contributed by atoms with Crippen molar-refractivity contribution in [1.82, 2.24) is 20.0 Å². The number of hydrogen-bond donors (Lipinski definition) is 1. The summed E-state index contributed by atoms with van der Waals surface area (Å²) >= 11 is 0. The summed E-state index contributed by atoms with van der Waals surface area (Å²) in [5, 5.41) is 3.27. The number of likely N-dealkylation sites (tertiary alicyclic amines) is 1. The van der Waals surface area contributed by atoms with E-state index in [0.29, 0.717) is 31.1 Å². The van der Waals surface area contributed by atoms with E-state index in [9.17, 15) is 9.59 Å². The van der Waals surface area contributed by atoms with Crippen LogP contribution in [-0.4, -0.2) is 84.9 Å². The van der Waals surface area contributed by atoms with Crippen LogP contribution in [0.2, 0.25) is 0 Å². The molecule has 3 rings (SSSR count). The lowest BCUT2D eigenvalue weighted by Gasteiger charge is -2.32. The van der Waals surface area contributed by atoms with Gasteiger partial charge in [0.2, 0.25) is 5.91 Å². The molecule has 2 amide bonds. The molecule has 0 unspecified atom stereocenters. The van der Waals surface area contributed by atoms with Gasteiger partial charge in [-0.25, -0.2) is 0 Å². The Morgan fingerprint density at radius 2 is 1.86 bits per heavy atom. The Labute approximate surface area is 168 Å². The van der Waals surface area contributed by atoms with E-state index in [1.54, 1.807) is 0 Å². The molecule has 0 spiro atoms. The smallest absolute Gasteiger partial charge is 0.253 e. The van der Waals surface area contributed by atoms with Crippen LogP contribution in [0, 0.1) is 6.92 Å². The molecule has 0 bridgehead atoms. The summed E-state index contributed by atoms with van der Waals surface area (Å²) in [4.78, 5) is 32.1. The largest absolute Gasteiger partial charge is 0.340 e. The number of likely N-dealkylation sites (N-methyl/N-ethyl adjacent to an activating group) is 1. The number of hydrogen-bond acceptors (Lipinski definition) is 4. The summed E-state index contributed by atoms with van der Waals surface area (Å²) in [7, 11) is 0. The number of nitrogens with zero attached hydrogens (tertiary/aromatic N) is 3. The molecule has 0 aromatic heterocycles. The van der Waals surface area contributed by atoms with Crippen LogP contribution in [0.25, 0.3) is 0 Å². The Bertz CT molecular complexity index is 655. The minimum atomic E-state index is 0.0380. The van der Waals surface area contributed by atoms with Crippen LogP contribution >= 0.6 is 0 Å². The molecule has 0 saturated carbocycles. The lowest BCUT2D eigenvalue weighted by molar-refractivity contribution is -0.132. The number of carbonyl (C=O) groups excluding carboxylic acids is 2. The Hall–Kier alpha value is -1.92. The molecule has 2 fully saturated rings. The standard InChI is InChI=1S/C22H34N4O2/c1-3-24-13-4-5-20(24)17-26(22(28)19-8-6-18(2)7-9-19)14-10-21(27)25-15-11-23-12-16-25/h6-9,20,23H,3-5,10-17H2,1-2H3/t20-/m1/s1. The van der Waals surface area contributed by atoms with E-state index in [1.165, 1.54) is 6.42 Å². The summed E-state index contributed by atoms with van der Waals surface area (Å²) in [6.07, 6.45) is 2.71. The van der Waals surface area contributed by atoms with Gasteiger partial charge in [0.05, 0.1) is 0 Å². The van der Waals surface area contributed by atoms with Crippen LogP contribution in [0.1, 0.15) is 42.1 Å². The quantitative estimate of drug-likeness (QED) is 0.776. The second-order valence-electron chi connectivity index (χ2n) is 7.92. The van der Waals surface area contributed by atoms with E-state index < -0.39 is 0 Å². The number of piperazine rings is 1. The predicted octanol–water partition coefficient (Wildman–Crippen LogP) is 1.74. The first-order valence-corrected chi connectivity index (χ1v) is 10.7. The van der Waals surface area contributed by atoms with Crippen molar-refractivity contribution in [3.8, 4) is 0 Å². The van der Waals surface area contributed by atoms with Crippen LogP contribution in [0.4, 0.5) is 0 Å². The van der Waals surface area contributed by atoms with Gasteiger partial charge in [-0.15, -0.1) is 0 Å².